The van der Waals surface area contributed by atoms with Crippen LogP contribution in [-0.2, 0) is 0 Å². The van der Waals surface area contributed by atoms with Crippen LogP contribution in [0.25, 0.3) is 5.69 Å². The average molecular weight is 311 g/mol. The van der Waals surface area contributed by atoms with Gasteiger partial charge in [0.05, 0.1) is 23.3 Å². The maximum Gasteiger partial charge on any atom is 0.238 e. The number of hydrogen-bond donors (Lipinski definition) is 1. The Bertz CT molecular complexity index is 833. The van der Waals surface area contributed by atoms with Crippen LogP contribution in [-0.4, -0.2) is 20.0 Å². The lowest BCUT2D eigenvalue weighted by atomic mass is 10.1. The Labute approximate surface area is 135 Å². The first kappa shape index (κ1) is 15.3. The van der Waals surface area contributed by atoms with Gasteiger partial charge in [0.25, 0.3) is 0 Å². The molecule has 3 aromatic rings. The molecule has 0 radical (unpaired) electrons. The van der Waals surface area contributed by atoms with Crippen molar-refractivity contribution in [2.75, 3.05) is 5.32 Å². The highest BCUT2D eigenvalue weighted by Gasteiger charge is 2.16. The van der Waals surface area contributed by atoms with Crippen molar-refractivity contribution in [2.24, 2.45) is 0 Å². The molecular weight excluding hydrogens is 290 g/mol. The molecule has 1 N–H and O–H groups in total. The van der Waals surface area contributed by atoms with Crippen molar-refractivity contribution < 1.29 is 4.42 Å². The van der Waals surface area contributed by atoms with Crippen LogP contribution in [0.3, 0.4) is 0 Å². The summed E-state index contributed by atoms with van der Waals surface area (Å²) in [5, 5.41) is 15.8. The molecule has 0 amide bonds. The molecule has 2 heterocycles. The molecule has 0 fully saturated rings. The van der Waals surface area contributed by atoms with Gasteiger partial charge in [0, 0.05) is 6.92 Å². The average Bonchev–Trinajstić information content (AvgIpc) is 3.09. The number of benzene rings is 1. The Morgan fingerprint density at radius 1 is 1.13 bits per heavy atom. The zero-order valence-electron chi connectivity index (χ0n) is 14.1. The van der Waals surface area contributed by atoms with Crippen LogP contribution in [0.4, 0.5) is 5.69 Å². The fourth-order valence-corrected chi connectivity index (χ4v) is 2.52. The molecule has 0 aliphatic carbocycles. The molecule has 1 aromatic carbocycles. The molecule has 0 bridgehead atoms. The van der Waals surface area contributed by atoms with Gasteiger partial charge in [-0.05, 0) is 44.9 Å². The molecule has 0 aliphatic rings. The van der Waals surface area contributed by atoms with E-state index in [0.29, 0.717) is 11.8 Å². The second-order valence-corrected chi connectivity index (χ2v) is 5.87. The minimum absolute atomic E-state index is 0.0776. The number of anilines is 1. The van der Waals surface area contributed by atoms with Crippen molar-refractivity contribution in [3.63, 3.8) is 0 Å². The lowest BCUT2D eigenvalue weighted by Gasteiger charge is -2.12. The lowest BCUT2D eigenvalue weighted by Crippen LogP contribution is -2.08. The summed E-state index contributed by atoms with van der Waals surface area (Å²) in [4.78, 5) is 0. The van der Waals surface area contributed by atoms with Gasteiger partial charge in [0.1, 0.15) is 6.04 Å². The fraction of sp³-hybridized carbons (Fsp3) is 0.353. The smallest absolute Gasteiger partial charge is 0.238 e. The normalized spacial score (nSPS) is 12.4. The van der Waals surface area contributed by atoms with E-state index < -0.39 is 0 Å². The standard InChI is InChI=1S/C17H21N5O/c1-10-6-7-11(2)16(8-10)22-13(4)15(9-18-22)19-12(3)17-21-20-14(5)23-17/h6-9,12,19H,1-5H3. The molecule has 3 rings (SSSR count). The second kappa shape index (κ2) is 5.87. The summed E-state index contributed by atoms with van der Waals surface area (Å²) in [6.45, 7) is 9.99. The molecular formula is C17H21N5O. The van der Waals surface area contributed by atoms with Gasteiger partial charge in [-0.25, -0.2) is 4.68 Å². The minimum Gasteiger partial charge on any atom is -0.423 e. The van der Waals surface area contributed by atoms with Gasteiger partial charge in [0.2, 0.25) is 11.8 Å². The van der Waals surface area contributed by atoms with Gasteiger partial charge >= 0.3 is 0 Å². The van der Waals surface area contributed by atoms with E-state index in [4.69, 9.17) is 4.42 Å². The van der Waals surface area contributed by atoms with E-state index in [9.17, 15) is 0 Å². The Morgan fingerprint density at radius 3 is 2.61 bits per heavy atom. The number of rotatable bonds is 4. The topological polar surface area (TPSA) is 68.8 Å². The van der Waals surface area contributed by atoms with E-state index in [0.717, 1.165) is 17.1 Å². The van der Waals surface area contributed by atoms with E-state index in [1.54, 1.807) is 6.92 Å². The largest absolute Gasteiger partial charge is 0.423 e. The van der Waals surface area contributed by atoms with Crippen molar-refractivity contribution in [1.29, 1.82) is 0 Å². The van der Waals surface area contributed by atoms with Crippen LogP contribution in [0.2, 0.25) is 0 Å². The van der Waals surface area contributed by atoms with Gasteiger partial charge in [-0.15, -0.1) is 10.2 Å². The third kappa shape index (κ3) is 2.97. The van der Waals surface area contributed by atoms with Crippen molar-refractivity contribution in [3.8, 4) is 5.69 Å². The van der Waals surface area contributed by atoms with Crippen LogP contribution < -0.4 is 5.32 Å². The Kier molecular flexibility index (Phi) is 3.90. The minimum atomic E-state index is -0.0776. The fourth-order valence-electron chi connectivity index (χ4n) is 2.52. The van der Waals surface area contributed by atoms with Gasteiger partial charge in [-0.2, -0.15) is 5.10 Å². The summed E-state index contributed by atoms with van der Waals surface area (Å²) in [5.41, 5.74) is 5.49. The highest BCUT2D eigenvalue weighted by Crippen LogP contribution is 2.25. The maximum absolute atomic E-state index is 5.47. The lowest BCUT2D eigenvalue weighted by molar-refractivity contribution is 0.451. The van der Waals surface area contributed by atoms with Crippen molar-refractivity contribution >= 4 is 5.69 Å². The van der Waals surface area contributed by atoms with Gasteiger partial charge in [-0.1, -0.05) is 12.1 Å². The second-order valence-electron chi connectivity index (χ2n) is 5.87. The molecule has 1 unspecified atom stereocenters. The summed E-state index contributed by atoms with van der Waals surface area (Å²) in [5.74, 6) is 1.14. The van der Waals surface area contributed by atoms with Crippen molar-refractivity contribution in [3.05, 3.63) is 53.0 Å². The molecule has 0 spiro atoms. The van der Waals surface area contributed by atoms with E-state index in [1.807, 2.05) is 24.7 Å². The van der Waals surface area contributed by atoms with Gasteiger partial charge < -0.3 is 9.73 Å². The highest BCUT2D eigenvalue weighted by molar-refractivity contribution is 5.52. The molecule has 6 nitrogen and oxygen atoms in total. The Morgan fingerprint density at radius 2 is 1.91 bits per heavy atom. The first-order chi connectivity index (χ1) is 11.0. The zero-order chi connectivity index (χ0) is 16.6. The maximum atomic E-state index is 5.47. The first-order valence-corrected chi connectivity index (χ1v) is 7.64. The van der Waals surface area contributed by atoms with E-state index in [2.05, 4.69) is 52.7 Å². The van der Waals surface area contributed by atoms with Crippen molar-refractivity contribution in [2.45, 2.75) is 40.7 Å². The van der Waals surface area contributed by atoms with Crippen LogP contribution in [0.15, 0.2) is 28.8 Å². The van der Waals surface area contributed by atoms with E-state index in [1.165, 1.54) is 11.1 Å². The van der Waals surface area contributed by atoms with E-state index in [-0.39, 0.29) is 6.04 Å². The highest BCUT2D eigenvalue weighted by atomic mass is 16.4. The first-order valence-electron chi connectivity index (χ1n) is 7.64. The predicted octanol–water partition coefficient (Wildman–Crippen LogP) is 3.66. The zero-order valence-corrected chi connectivity index (χ0v) is 14.1. The molecule has 6 heteroatoms. The Hall–Kier alpha value is -2.63. The summed E-state index contributed by atoms with van der Waals surface area (Å²) < 4.78 is 7.43. The van der Waals surface area contributed by atoms with Gasteiger partial charge in [0.15, 0.2) is 0 Å². The summed E-state index contributed by atoms with van der Waals surface area (Å²) in [6.07, 6.45) is 1.83. The number of aromatic nitrogens is 4. The number of hydrogen-bond acceptors (Lipinski definition) is 5. The quantitative estimate of drug-likeness (QED) is 0.796. The molecule has 0 saturated heterocycles. The number of nitrogens with one attached hydrogen (secondary N) is 1. The van der Waals surface area contributed by atoms with E-state index >= 15 is 0 Å². The van der Waals surface area contributed by atoms with Crippen LogP contribution in [0.1, 0.15) is 41.6 Å². The van der Waals surface area contributed by atoms with Crippen molar-refractivity contribution in [1.82, 2.24) is 20.0 Å². The van der Waals surface area contributed by atoms with Gasteiger partial charge in [-0.3, -0.25) is 0 Å². The summed E-state index contributed by atoms with van der Waals surface area (Å²) in [6, 6.07) is 6.29. The summed E-state index contributed by atoms with van der Waals surface area (Å²) >= 11 is 0. The molecule has 23 heavy (non-hydrogen) atoms. The molecule has 0 aliphatic heterocycles. The monoisotopic (exact) mass is 311 g/mol. The van der Waals surface area contributed by atoms with Crippen LogP contribution in [0, 0.1) is 27.7 Å². The molecule has 120 valence electrons. The summed E-state index contributed by atoms with van der Waals surface area (Å²) in [7, 11) is 0. The molecule has 0 saturated carbocycles. The Balaban J connectivity index is 1.89. The number of nitrogens with zero attached hydrogens (tertiary/aromatic N) is 4. The predicted molar refractivity (Wildman–Crippen MR) is 88.8 cm³/mol. The number of aryl methyl sites for hydroxylation is 3. The molecule has 1 atom stereocenters. The van der Waals surface area contributed by atoms with Crippen LogP contribution in [0.5, 0.6) is 0 Å². The molecule has 2 aromatic heterocycles. The van der Waals surface area contributed by atoms with Crippen LogP contribution >= 0.6 is 0 Å². The SMILES string of the molecule is Cc1ccc(C)c(-n2ncc(NC(C)c3nnc(C)o3)c2C)c1. The third-order valence-electron chi connectivity index (χ3n) is 3.89. The third-order valence-corrected chi connectivity index (χ3v) is 3.89.